The van der Waals surface area contributed by atoms with Gasteiger partial charge in [0.05, 0.1) is 18.5 Å². The van der Waals surface area contributed by atoms with E-state index < -0.39 is 21.2 Å². The average Bonchev–Trinajstić information content (AvgIpc) is 2.28. The van der Waals surface area contributed by atoms with Crippen molar-refractivity contribution in [3.05, 3.63) is 29.8 Å². The molecule has 0 aliphatic rings. The normalized spacial score (nSPS) is 15.3. The maximum atomic E-state index is 11.5. The van der Waals surface area contributed by atoms with Gasteiger partial charge in [-0.15, -0.1) is 0 Å². The molecular weight excluding hydrogens is 240 g/mol. The maximum Gasteiger partial charge on any atom is 0.153 e. The van der Waals surface area contributed by atoms with E-state index >= 15 is 0 Å². The van der Waals surface area contributed by atoms with Gasteiger partial charge < -0.3 is 9.84 Å². The molecule has 0 radical (unpaired) electrons. The molecule has 1 rings (SSSR count). The monoisotopic (exact) mass is 258 g/mol. The first-order chi connectivity index (χ1) is 7.90. The van der Waals surface area contributed by atoms with Crippen molar-refractivity contribution < 1.29 is 18.3 Å². The number of hydrogen-bond donors (Lipinski definition) is 1. The number of sulfone groups is 1. The molecule has 0 spiro atoms. The molecule has 1 aromatic rings. The smallest absolute Gasteiger partial charge is 0.153 e. The minimum atomic E-state index is -3.26. The second-order valence-corrected chi connectivity index (χ2v) is 6.26. The molecule has 0 saturated heterocycles. The van der Waals surface area contributed by atoms with Crippen molar-refractivity contribution in [3.63, 3.8) is 0 Å². The van der Waals surface area contributed by atoms with Gasteiger partial charge in [0.25, 0.3) is 0 Å². The fraction of sp³-hybridized carbons (Fsp3) is 0.500. The van der Waals surface area contributed by atoms with Gasteiger partial charge in [-0.05, 0) is 24.1 Å². The second-order valence-electron chi connectivity index (χ2n) is 3.99. The number of hydrogen-bond acceptors (Lipinski definition) is 4. The first-order valence-electron chi connectivity index (χ1n) is 5.41. The summed E-state index contributed by atoms with van der Waals surface area (Å²) >= 11 is 0. The lowest BCUT2D eigenvalue weighted by atomic mass is 10.0. The third kappa shape index (κ3) is 3.44. The van der Waals surface area contributed by atoms with Crippen molar-refractivity contribution in [3.8, 4) is 5.75 Å². The summed E-state index contributed by atoms with van der Waals surface area (Å²) in [4.78, 5) is 0. The summed E-state index contributed by atoms with van der Waals surface area (Å²) in [5.74, 6) is 0.674. The minimum Gasteiger partial charge on any atom is -0.497 e. The van der Waals surface area contributed by atoms with Gasteiger partial charge in [0.1, 0.15) is 5.75 Å². The minimum absolute atomic E-state index is 0.381. The number of rotatable bonds is 5. The van der Waals surface area contributed by atoms with Gasteiger partial charge in [-0.2, -0.15) is 0 Å². The third-order valence-electron chi connectivity index (χ3n) is 2.76. The van der Waals surface area contributed by atoms with Crippen LogP contribution < -0.4 is 4.74 Å². The summed E-state index contributed by atoms with van der Waals surface area (Å²) in [7, 11) is -1.71. The Bertz CT molecular complexity index is 450. The average molecular weight is 258 g/mol. The Hall–Kier alpha value is -1.07. The fourth-order valence-electron chi connectivity index (χ4n) is 1.78. The van der Waals surface area contributed by atoms with Crippen LogP contribution in [0, 0.1) is 0 Å². The van der Waals surface area contributed by atoms with E-state index in [1.165, 1.54) is 0 Å². The van der Waals surface area contributed by atoms with Crippen LogP contribution in [0.1, 0.15) is 25.0 Å². The zero-order chi connectivity index (χ0) is 13.1. The van der Waals surface area contributed by atoms with Gasteiger partial charge in [-0.25, -0.2) is 8.42 Å². The third-order valence-corrected chi connectivity index (χ3v) is 4.45. The highest BCUT2D eigenvalue weighted by Crippen LogP contribution is 2.25. The van der Waals surface area contributed by atoms with Crippen molar-refractivity contribution in [2.45, 2.75) is 24.7 Å². The Balaban J connectivity index is 2.98. The number of aliphatic hydroxyl groups excluding tert-OH is 1. The SMILES string of the molecule is CC[C@@H]([C@H](O)c1ccc(OC)cc1)S(C)(=O)=O. The molecule has 0 amide bonds. The molecule has 0 saturated carbocycles. The van der Waals surface area contributed by atoms with Crippen LogP contribution in [0.5, 0.6) is 5.75 Å². The highest BCUT2D eigenvalue weighted by Gasteiger charge is 2.28. The molecule has 0 aliphatic heterocycles. The molecule has 5 heteroatoms. The van der Waals surface area contributed by atoms with Crippen LogP contribution in [0.2, 0.25) is 0 Å². The van der Waals surface area contributed by atoms with E-state index in [4.69, 9.17) is 4.74 Å². The number of benzene rings is 1. The summed E-state index contributed by atoms with van der Waals surface area (Å²) < 4.78 is 28.0. The van der Waals surface area contributed by atoms with Crippen molar-refractivity contribution in [2.75, 3.05) is 13.4 Å². The van der Waals surface area contributed by atoms with Crippen LogP contribution in [-0.4, -0.2) is 32.1 Å². The van der Waals surface area contributed by atoms with Gasteiger partial charge in [0, 0.05) is 6.26 Å². The van der Waals surface area contributed by atoms with E-state index in [0.717, 1.165) is 6.26 Å². The molecule has 0 aromatic heterocycles. The first kappa shape index (κ1) is 14.0. The zero-order valence-corrected chi connectivity index (χ0v) is 11.1. The Kier molecular flexibility index (Phi) is 4.54. The van der Waals surface area contributed by atoms with Crippen LogP contribution in [0.25, 0.3) is 0 Å². The van der Waals surface area contributed by atoms with Crippen LogP contribution in [-0.2, 0) is 9.84 Å². The van der Waals surface area contributed by atoms with E-state index in [2.05, 4.69) is 0 Å². The van der Waals surface area contributed by atoms with Gasteiger partial charge >= 0.3 is 0 Å². The molecule has 0 unspecified atom stereocenters. The van der Waals surface area contributed by atoms with E-state index in [1.54, 1.807) is 38.3 Å². The summed E-state index contributed by atoms with van der Waals surface area (Å²) in [5.41, 5.74) is 0.586. The topological polar surface area (TPSA) is 63.6 Å². The maximum absolute atomic E-state index is 11.5. The van der Waals surface area contributed by atoms with Crippen LogP contribution in [0.3, 0.4) is 0 Å². The molecule has 0 heterocycles. The quantitative estimate of drug-likeness (QED) is 0.870. The molecule has 1 N–H and O–H groups in total. The van der Waals surface area contributed by atoms with Gasteiger partial charge in [0.2, 0.25) is 0 Å². The summed E-state index contributed by atoms with van der Waals surface area (Å²) in [6, 6.07) is 6.76. The molecule has 96 valence electrons. The van der Waals surface area contributed by atoms with E-state index in [9.17, 15) is 13.5 Å². The molecule has 0 aliphatic carbocycles. The molecule has 0 fully saturated rings. The summed E-state index contributed by atoms with van der Waals surface area (Å²) in [6.07, 6.45) is 0.529. The standard InChI is InChI=1S/C12H18O4S/c1-4-11(17(3,14)15)12(13)9-5-7-10(16-2)8-6-9/h5-8,11-13H,4H2,1-3H3/t11-,12+/m0/s1. The van der Waals surface area contributed by atoms with Crippen LogP contribution in [0.4, 0.5) is 0 Å². The van der Waals surface area contributed by atoms with Crippen molar-refractivity contribution in [1.29, 1.82) is 0 Å². The summed E-state index contributed by atoms with van der Waals surface area (Å²) in [5, 5.41) is 9.29. The van der Waals surface area contributed by atoms with Gasteiger partial charge in [0.15, 0.2) is 9.84 Å². The molecule has 1 aromatic carbocycles. The summed E-state index contributed by atoms with van der Waals surface area (Å²) in [6.45, 7) is 1.75. The largest absolute Gasteiger partial charge is 0.497 e. The lowest BCUT2D eigenvalue weighted by Gasteiger charge is -2.20. The number of ether oxygens (including phenoxy) is 1. The molecule has 0 bridgehead atoms. The second kappa shape index (κ2) is 5.51. The Labute approximate surface area is 102 Å². The van der Waals surface area contributed by atoms with Gasteiger partial charge in [-0.3, -0.25) is 0 Å². The van der Waals surface area contributed by atoms with Crippen molar-refractivity contribution in [1.82, 2.24) is 0 Å². The molecule has 4 nitrogen and oxygen atoms in total. The predicted octanol–water partition coefficient (Wildman–Crippen LogP) is 1.55. The lowest BCUT2D eigenvalue weighted by molar-refractivity contribution is 0.169. The molecule has 17 heavy (non-hydrogen) atoms. The van der Waals surface area contributed by atoms with Crippen molar-refractivity contribution in [2.24, 2.45) is 0 Å². The lowest BCUT2D eigenvalue weighted by Crippen LogP contribution is -2.26. The van der Waals surface area contributed by atoms with Crippen molar-refractivity contribution >= 4 is 9.84 Å². The first-order valence-corrected chi connectivity index (χ1v) is 7.36. The van der Waals surface area contributed by atoms with E-state index in [1.807, 2.05) is 0 Å². The number of aliphatic hydroxyl groups is 1. The number of methoxy groups -OCH3 is 1. The Morgan fingerprint density at radius 2 is 1.82 bits per heavy atom. The van der Waals surface area contributed by atoms with E-state index in [-0.39, 0.29) is 0 Å². The van der Waals surface area contributed by atoms with E-state index in [0.29, 0.717) is 17.7 Å². The predicted molar refractivity (Wildman–Crippen MR) is 66.9 cm³/mol. The fourth-order valence-corrected chi connectivity index (χ4v) is 3.01. The van der Waals surface area contributed by atoms with Gasteiger partial charge in [-0.1, -0.05) is 19.1 Å². The van der Waals surface area contributed by atoms with Crippen LogP contribution in [0.15, 0.2) is 24.3 Å². The zero-order valence-electron chi connectivity index (χ0n) is 10.3. The van der Waals surface area contributed by atoms with Crippen LogP contribution >= 0.6 is 0 Å². The highest BCUT2D eigenvalue weighted by atomic mass is 32.2. The Morgan fingerprint density at radius 3 is 2.18 bits per heavy atom. The highest BCUT2D eigenvalue weighted by molar-refractivity contribution is 7.91. The molecular formula is C12H18O4S. The Morgan fingerprint density at radius 1 is 1.29 bits per heavy atom. The molecule has 2 atom stereocenters.